The molecule has 1 amide bonds. The summed E-state index contributed by atoms with van der Waals surface area (Å²) in [6.07, 6.45) is 1.75. The van der Waals surface area contributed by atoms with E-state index in [0.717, 1.165) is 12.8 Å². The van der Waals surface area contributed by atoms with Crippen molar-refractivity contribution in [3.63, 3.8) is 0 Å². The van der Waals surface area contributed by atoms with Crippen molar-refractivity contribution in [1.29, 1.82) is 0 Å². The third-order valence-electron chi connectivity index (χ3n) is 5.48. The normalized spacial score (nSPS) is 29.6. The zero-order valence-electron chi connectivity index (χ0n) is 12.2. The minimum atomic E-state index is -0.391. The van der Waals surface area contributed by atoms with Crippen LogP contribution in [0.1, 0.15) is 44.0 Å². The predicted octanol–water partition coefficient (Wildman–Crippen LogP) is 3.87. The Hall–Kier alpha value is -1.06. The monoisotopic (exact) mass is 325 g/mol. The third kappa shape index (κ3) is 1.94. The molecule has 3 rings (SSSR count). The quantitative estimate of drug-likeness (QED) is 0.913. The number of amides is 1. The first-order valence-corrected chi connectivity index (χ1v) is 7.69. The second-order valence-corrected chi connectivity index (χ2v) is 7.60. The van der Waals surface area contributed by atoms with Crippen molar-refractivity contribution in [3.8, 4) is 0 Å². The van der Waals surface area contributed by atoms with Gasteiger partial charge in [0.2, 0.25) is 0 Å². The van der Waals surface area contributed by atoms with E-state index in [1.807, 2.05) is 13.8 Å². The molecule has 2 saturated carbocycles. The molecule has 3 nitrogen and oxygen atoms in total. The zero-order valence-corrected chi connectivity index (χ0v) is 13.7. The van der Waals surface area contributed by atoms with Crippen LogP contribution in [0.2, 0.25) is 10.0 Å². The molecule has 0 radical (unpaired) electrons. The molecule has 0 aromatic heterocycles. The number of carbonyl (C=O) groups is 2. The summed E-state index contributed by atoms with van der Waals surface area (Å²) in [5.41, 5.74) is -0.159. The number of rotatable bonds is 4. The third-order valence-corrected chi connectivity index (χ3v) is 6.22. The van der Waals surface area contributed by atoms with Crippen molar-refractivity contribution in [2.24, 2.45) is 10.8 Å². The summed E-state index contributed by atoms with van der Waals surface area (Å²) in [4.78, 5) is 24.1. The number of carbonyl (C=O) groups excluding carboxylic acids is 2. The van der Waals surface area contributed by atoms with Gasteiger partial charge in [-0.05, 0) is 38.0 Å². The number of ketones is 1. The standard InChI is InChI=1S/C16H17Cl2NO2/c1-9(20)14(2,3)15-7-16(15,8-15)19-13(21)10-4-5-11(17)12(18)6-10/h4-6H,7-8H2,1-3H3,(H,19,21). The van der Waals surface area contributed by atoms with Gasteiger partial charge in [-0.2, -0.15) is 0 Å². The highest BCUT2D eigenvalue weighted by atomic mass is 35.5. The molecule has 0 aliphatic heterocycles. The van der Waals surface area contributed by atoms with Gasteiger partial charge >= 0.3 is 0 Å². The molecule has 112 valence electrons. The molecule has 5 heteroatoms. The smallest absolute Gasteiger partial charge is 0.251 e. The molecule has 1 N–H and O–H groups in total. The summed E-state index contributed by atoms with van der Waals surface area (Å²) in [5.74, 6) is 0.0120. The van der Waals surface area contributed by atoms with E-state index >= 15 is 0 Å². The highest BCUT2D eigenvalue weighted by molar-refractivity contribution is 6.42. The van der Waals surface area contributed by atoms with Crippen LogP contribution in [0.25, 0.3) is 0 Å². The number of benzene rings is 1. The van der Waals surface area contributed by atoms with Crippen LogP contribution in [0.3, 0.4) is 0 Å². The number of hydrogen-bond acceptors (Lipinski definition) is 2. The lowest BCUT2D eigenvalue weighted by molar-refractivity contribution is -0.127. The van der Waals surface area contributed by atoms with Crippen molar-refractivity contribution in [2.75, 3.05) is 0 Å². The molecular weight excluding hydrogens is 309 g/mol. The summed E-state index contributed by atoms with van der Waals surface area (Å²) in [6.45, 7) is 5.56. The van der Waals surface area contributed by atoms with Crippen molar-refractivity contribution >= 4 is 34.9 Å². The first kappa shape index (κ1) is 14.9. The van der Waals surface area contributed by atoms with E-state index in [4.69, 9.17) is 23.2 Å². The molecule has 0 spiro atoms. The van der Waals surface area contributed by atoms with Crippen molar-refractivity contribution in [2.45, 2.75) is 39.2 Å². The number of nitrogens with one attached hydrogen (secondary N) is 1. The van der Waals surface area contributed by atoms with Crippen molar-refractivity contribution < 1.29 is 9.59 Å². The SMILES string of the molecule is CC(=O)C(C)(C)C12CC1(NC(=O)c1ccc(Cl)c(Cl)c1)C2. The second-order valence-electron chi connectivity index (χ2n) is 6.78. The van der Waals surface area contributed by atoms with Gasteiger partial charge in [-0.3, -0.25) is 9.59 Å². The maximum absolute atomic E-state index is 12.3. The van der Waals surface area contributed by atoms with Crippen LogP contribution in [0.5, 0.6) is 0 Å². The molecule has 0 atom stereocenters. The van der Waals surface area contributed by atoms with Crippen LogP contribution in [-0.2, 0) is 4.79 Å². The van der Waals surface area contributed by atoms with E-state index in [0.29, 0.717) is 15.6 Å². The average molecular weight is 326 g/mol. The van der Waals surface area contributed by atoms with E-state index < -0.39 is 5.41 Å². The predicted molar refractivity (Wildman–Crippen MR) is 82.8 cm³/mol. The van der Waals surface area contributed by atoms with Crippen LogP contribution < -0.4 is 5.32 Å². The topological polar surface area (TPSA) is 46.2 Å². The first-order valence-electron chi connectivity index (χ1n) is 6.94. The summed E-state index contributed by atoms with van der Waals surface area (Å²) >= 11 is 11.8. The fourth-order valence-corrected chi connectivity index (χ4v) is 3.70. The Bertz CT molecular complexity index is 660. The molecule has 0 heterocycles. The van der Waals surface area contributed by atoms with Gasteiger partial charge in [0.15, 0.2) is 0 Å². The van der Waals surface area contributed by atoms with E-state index in [2.05, 4.69) is 5.32 Å². The van der Waals surface area contributed by atoms with E-state index in [1.165, 1.54) is 0 Å². The second kappa shape index (κ2) is 4.23. The van der Waals surface area contributed by atoms with Crippen LogP contribution in [0.15, 0.2) is 18.2 Å². The van der Waals surface area contributed by atoms with Gasteiger partial charge in [-0.25, -0.2) is 0 Å². The van der Waals surface area contributed by atoms with E-state index in [9.17, 15) is 9.59 Å². The number of Topliss-reactive ketones (excluding diaryl/α,β-unsaturated/α-hetero) is 1. The minimum Gasteiger partial charge on any atom is -0.346 e. The molecule has 1 aromatic rings. The molecule has 0 unspecified atom stereocenters. The van der Waals surface area contributed by atoms with E-state index in [1.54, 1.807) is 25.1 Å². The average Bonchev–Trinajstić information content (AvgIpc) is 3.19. The summed E-state index contributed by atoms with van der Waals surface area (Å²) in [6, 6.07) is 4.84. The lowest BCUT2D eigenvalue weighted by Crippen LogP contribution is -2.33. The number of fused-ring (bicyclic) bond motifs is 1. The summed E-state index contributed by atoms with van der Waals surface area (Å²) < 4.78 is 0. The fraction of sp³-hybridized carbons (Fsp3) is 0.500. The Balaban J connectivity index is 1.74. The maximum Gasteiger partial charge on any atom is 0.251 e. The summed E-state index contributed by atoms with van der Waals surface area (Å²) in [7, 11) is 0. The fourth-order valence-electron chi connectivity index (χ4n) is 3.40. The van der Waals surface area contributed by atoms with Crippen LogP contribution in [0, 0.1) is 10.8 Å². The largest absolute Gasteiger partial charge is 0.346 e. The lowest BCUT2D eigenvalue weighted by atomic mass is 9.78. The van der Waals surface area contributed by atoms with Gasteiger partial charge in [-0.1, -0.05) is 37.0 Å². The Morgan fingerprint density at radius 2 is 1.81 bits per heavy atom. The number of halogens is 2. The van der Waals surface area contributed by atoms with Crippen LogP contribution in [0.4, 0.5) is 0 Å². The van der Waals surface area contributed by atoms with Crippen LogP contribution >= 0.6 is 23.2 Å². The van der Waals surface area contributed by atoms with Gasteiger partial charge in [0.05, 0.1) is 10.0 Å². The Morgan fingerprint density at radius 3 is 2.33 bits per heavy atom. The number of hydrogen-bond donors (Lipinski definition) is 1. The molecule has 1 aromatic carbocycles. The van der Waals surface area contributed by atoms with Gasteiger partial charge in [0.1, 0.15) is 5.78 Å². The molecule has 2 aliphatic carbocycles. The first-order chi connectivity index (χ1) is 9.65. The van der Waals surface area contributed by atoms with Gasteiger partial charge in [0, 0.05) is 21.9 Å². The molecule has 2 fully saturated rings. The van der Waals surface area contributed by atoms with E-state index in [-0.39, 0.29) is 22.6 Å². The summed E-state index contributed by atoms with van der Waals surface area (Å²) in [5, 5.41) is 3.87. The molecule has 2 aliphatic rings. The Morgan fingerprint density at radius 1 is 1.19 bits per heavy atom. The molecule has 0 saturated heterocycles. The Labute approximate surface area is 134 Å². The van der Waals surface area contributed by atoms with Crippen molar-refractivity contribution in [1.82, 2.24) is 5.32 Å². The zero-order chi connectivity index (χ0) is 15.6. The lowest BCUT2D eigenvalue weighted by Gasteiger charge is -2.24. The van der Waals surface area contributed by atoms with Gasteiger partial charge in [-0.15, -0.1) is 0 Å². The molecular formula is C16H17Cl2NO2. The Kier molecular flexibility index (Phi) is 3.00. The minimum absolute atomic E-state index is 0.0578. The molecule has 21 heavy (non-hydrogen) atoms. The highest BCUT2D eigenvalue weighted by Gasteiger charge is 2.89. The van der Waals surface area contributed by atoms with Crippen molar-refractivity contribution in [3.05, 3.63) is 33.8 Å². The van der Waals surface area contributed by atoms with Gasteiger partial charge in [0.25, 0.3) is 5.91 Å². The maximum atomic E-state index is 12.3. The van der Waals surface area contributed by atoms with Gasteiger partial charge < -0.3 is 5.32 Å². The molecule has 0 bridgehead atoms. The van der Waals surface area contributed by atoms with Crippen LogP contribution in [-0.4, -0.2) is 17.2 Å². The highest BCUT2D eigenvalue weighted by Crippen LogP contribution is 2.85.